The smallest absolute Gasteiger partial charge is 0.323 e. The van der Waals surface area contributed by atoms with Crippen molar-refractivity contribution in [2.75, 3.05) is 26.4 Å². The van der Waals surface area contributed by atoms with Crippen LogP contribution in [0.2, 0.25) is 0 Å². The van der Waals surface area contributed by atoms with Crippen LogP contribution in [0.4, 0.5) is 0 Å². The summed E-state index contributed by atoms with van der Waals surface area (Å²) >= 11 is 0. The molecule has 1 saturated carbocycles. The second-order valence-electron chi connectivity index (χ2n) is 6.38. The first kappa shape index (κ1) is 18.9. The van der Waals surface area contributed by atoms with Crippen molar-refractivity contribution < 1.29 is 28.5 Å². The van der Waals surface area contributed by atoms with E-state index < -0.39 is 17.4 Å². The molecule has 1 aliphatic carbocycles. The number of carbonyl (C=O) groups excluding carboxylic acids is 2. The van der Waals surface area contributed by atoms with Crippen LogP contribution in [-0.2, 0) is 28.5 Å². The minimum absolute atomic E-state index is 0.125. The normalized spacial score (nSPS) is 26.2. The Kier molecular flexibility index (Phi) is 6.80. The standard InChI is InChI=1S/C18H28O6/c1-4-7-13-11-18(16(19)21-5-2,17(20)22-6-3)12-14(13)10-15-23-8-9-24-15/h4,13-15H,1,5-12H2,2-3H3/t13-,14+/m1/s1. The Balaban J connectivity index is 2.21. The molecule has 2 aliphatic rings. The van der Waals surface area contributed by atoms with Crippen molar-refractivity contribution in [3.05, 3.63) is 12.7 Å². The predicted molar refractivity (Wildman–Crippen MR) is 87.0 cm³/mol. The van der Waals surface area contributed by atoms with E-state index in [0.717, 1.165) is 6.42 Å². The minimum atomic E-state index is -1.22. The molecule has 2 atom stereocenters. The summed E-state index contributed by atoms with van der Waals surface area (Å²) in [6.45, 7) is 8.95. The van der Waals surface area contributed by atoms with Gasteiger partial charge in [-0.3, -0.25) is 9.59 Å². The fourth-order valence-corrected chi connectivity index (χ4v) is 3.82. The van der Waals surface area contributed by atoms with E-state index >= 15 is 0 Å². The number of rotatable bonds is 8. The van der Waals surface area contributed by atoms with Gasteiger partial charge in [-0.05, 0) is 44.9 Å². The third-order valence-corrected chi connectivity index (χ3v) is 4.88. The molecule has 0 spiro atoms. The van der Waals surface area contributed by atoms with Crippen LogP contribution >= 0.6 is 0 Å². The third-order valence-electron chi connectivity index (χ3n) is 4.88. The maximum Gasteiger partial charge on any atom is 0.323 e. The summed E-state index contributed by atoms with van der Waals surface area (Å²) < 4.78 is 21.5. The van der Waals surface area contributed by atoms with Crippen molar-refractivity contribution in [1.29, 1.82) is 0 Å². The van der Waals surface area contributed by atoms with Crippen LogP contribution in [-0.4, -0.2) is 44.7 Å². The molecule has 1 heterocycles. The SMILES string of the molecule is C=CC[C@@H]1CC(C(=O)OCC)(C(=O)OCC)C[C@@H]1CC1OCCO1. The lowest BCUT2D eigenvalue weighted by molar-refractivity contribution is -0.172. The van der Waals surface area contributed by atoms with Gasteiger partial charge in [-0.1, -0.05) is 6.08 Å². The van der Waals surface area contributed by atoms with Crippen molar-refractivity contribution in [2.24, 2.45) is 17.3 Å². The van der Waals surface area contributed by atoms with E-state index in [-0.39, 0.29) is 31.3 Å². The molecule has 6 nitrogen and oxygen atoms in total. The zero-order valence-electron chi connectivity index (χ0n) is 14.6. The Morgan fingerprint density at radius 2 is 1.62 bits per heavy atom. The van der Waals surface area contributed by atoms with Gasteiger partial charge in [-0.15, -0.1) is 6.58 Å². The predicted octanol–water partition coefficient (Wildman–Crippen LogP) is 2.46. The summed E-state index contributed by atoms with van der Waals surface area (Å²) in [7, 11) is 0. The summed E-state index contributed by atoms with van der Waals surface area (Å²) in [5.41, 5.74) is -1.22. The fourth-order valence-electron chi connectivity index (χ4n) is 3.82. The van der Waals surface area contributed by atoms with E-state index in [2.05, 4.69) is 6.58 Å². The van der Waals surface area contributed by atoms with E-state index in [9.17, 15) is 9.59 Å². The molecule has 0 amide bonds. The van der Waals surface area contributed by atoms with Gasteiger partial charge in [0.05, 0.1) is 26.4 Å². The highest BCUT2D eigenvalue weighted by molar-refractivity contribution is 6.00. The summed E-state index contributed by atoms with van der Waals surface area (Å²) in [4.78, 5) is 25.2. The van der Waals surface area contributed by atoms with Gasteiger partial charge in [0.25, 0.3) is 0 Å². The second-order valence-corrected chi connectivity index (χ2v) is 6.38. The number of esters is 2. The fraction of sp³-hybridized carbons (Fsp3) is 0.778. The van der Waals surface area contributed by atoms with E-state index in [1.165, 1.54) is 0 Å². The molecule has 0 aromatic carbocycles. The van der Waals surface area contributed by atoms with Crippen LogP contribution in [0.5, 0.6) is 0 Å². The molecular weight excluding hydrogens is 312 g/mol. The molecule has 0 aromatic heterocycles. The topological polar surface area (TPSA) is 71.1 Å². The molecule has 24 heavy (non-hydrogen) atoms. The molecule has 0 aromatic rings. The summed E-state index contributed by atoms with van der Waals surface area (Å²) in [5, 5.41) is 0. The van der Waals surface area contributed by atoms with Crippen LogP contribution in [0.25, 0.3) is 0 Å². The second kappa shape index (κ2) is 8.62. The number of allylic oxidation sites excluding steroid dienone is 1. The number of hydrogen-bond donors (Lipinski definition) is 0. The maximum absolute atomic E-state index is 12.6. The highest BCUT2D eigenvalue weighted by Gasteiger charge is 2.57. The summed E-state index contributed by atoms with van der Waals surface area (Å²) in [5.74, 6) is -0.675. The quantitative estimate of drug-likeness (QED) is 0.384. The molecule has 1 saturated heterocycles. The molecule has 0 radical (unpaired) electrons. The van der Waals surface area contributed by atoms with E-state index in [1.807, 2.05) is 6.08 Å². The van der Waals surface area contributed by atoms with Crippen LogP contribution in [0.15, 0.2) is 12.7 Å². The lowest BCUT2D eigenvalue weighted by Crippen LogP contribution is -2.40. The van der Waals surface area contributed by atoms with Gasteiger partial charge in [0, 0.05) is 6.42 Å². The van der Waals surface area contributed by atoms with Gasteiger partial charge in [-0.2, -0.15) is 0 Å². The van der Waals surface area contributed by atoms with Crippen LogP contribution < -0.4 is 0 Å². The Hall–Kier alpha value is -1.40. The highest BCUT2D eigenvalue weighted by atomic mass is 16.7. The third kappa shape index (κ3) is 3.98. The first-order valence-corrected chi connectivity index (χ1v) is 8.75. The van der Waals surface area contributed by atoms with Gasteiger partial charge >= 0.3 is 11.9 Å². The van der Waals surface area contributed by atoms with E-state index in [0.29, 0.717) is 32.5 Å². The number of ether oxygens (including phenoxy) is 4. The van der Waals surface area contributed by atoms with Gasteiger partial charge in [0.1, 0.15) is 0 Å². The zero-order valence-corrected chi connectivity index (χ0v) is 14.6. The Morgan fingerprint density at radius 1 is 1.08 bits per heavy atom. The van der Waals surface area contributed by atoms with Crippen LogP contribution in [0, 0.1) is 17.3 Å². The molecule has 1 aliphatic heterocycles. The minimum Gasteiger partial charge on any atom is -0.465 e. The largest absolute Gasteiger partial charge is 0.465 e. The van der Waals surface area contributed by atoms with Crippen LogP contribution in [0.3, 0.4) is 0 Å². The Bertz CT molecular complexity index is 436. The molecule has 0 unspecified atom stereocenters. The average Bonchev–Trinajstić information content (AvgIpc) is 3.18. The lowest BCUT2D eigenvalue weighted by Gasteiger charge is -2.25. The molecule has 2 fully saturated rings. The number of carbonyl (C=O) groups is 2. The monoisotopic (exact) mass is 340 g/mol. The molecule has 6 heteroatoms. The van der Waals surface area contributed by atoms with E-state index in [4.69, 9.17) is 18.9 Å². The van der Waals surface area contributed by atoms with Gasteiger partial charge in [0.2, 0.25) is 0 Å². The highest BCUT2D eigenvalue weighted by Crippen LogP contribution is 2.50. The van der Waals surface area contributed by atoms with Gasteiger partial charge < -0.3 is 18.9 Å². The molecule has 0 N–H and O–H groups in total. The molecule has 0 bridgehead atoms. The van der Waals surface area contributed by atoms with E-state index in [1.54, 1.807) is 13.8 Å². The van der Waals surface area contributed by atoms with Crippen molar-refractivity contribution in [1.82, 2.24) is 0 Å². The summed E-state index contributed by atoms with van der Waals surface area (Å²) in [6, 6.07) is 0. The first-order valence-electron chi connectivity index (χ1n) is 8.75. The van der Waals surface area contributed by atoms with Gasteiger partial charge in [0.15, 0.2) is 11.7 Å². The zero-order chi connectivity index (χ0) is 17.6. The average molecular weight is 340 g/mol. The number of hydrogen-bond acceptors (Lipinski definition) is 6. The van der Waals surface area contributed by atoms with Crippen molar-refractivity contribution >= 4 is 11.9 Å². The van der Waals surface area contributed by atoms with Crippen molar-refractivity contribution in [2.45, 2.75) is 45.8 Å². The molecular formula is C18H28O6. The lowest BCUT2D eigenvalue weighted by atomic mass is 9.84. The Labute approximate surface area is 143 Å². The Morgan fingerprint density at radius 3 is 2.12 bits per heavy atom. The van der Waals surface area contributed by atoms with Crippen molar-refractivity contribution in [3.63, 3.8) is 0 Å². The first-order chi connectivity index (χ1) is 11.6. The van der Waals surface area contributed by atoms with Crippen molar-refractivity contribution in [3.8, 4) is 0 Å². The molecule has 136 valence electrons. The molecule has 2 rings (SSSR count). The summed E-state index contributed by atoms with van der Waals surface area (Å²) in [6.07, 6.45) is 3.81. The van der Waals surface area contributed by atoms with Crippen LogP contribution in [0.1, 0.15) is 39.5 Å². The van der Waals surface area contributed by atoms with Gasteiger partial charge in [-0.25, -0.2) is 0 Å². The maximum atomic E-state index is 12.6.